The van der Waals surface area contributed by atoms with Gasteiger partial charge in [-0.25, -0.2) is 9.78 Å². The first kappa shape index (κ1) is 10.2. The van der Waals surface area contributed by atoms with E-state index in [4.69, 9.17) is 9.52 Å². The van der Waals surface area contributed by atoms with E-state index in [9.17, 15) is 4.79 Å². The molecule has 0 saturated heterocycles. The van der Waals surface area contributed by atoms with Gasteiger partial charge in [0.1, 0.15) is 0 Å². The van der Waals surface area contributed by atoms with Crippen LogP contribution in [-0.2, 0) is 0 Å². The van der Waals surface area contributed by atoms with E-state index >= 15 is 0 Å². The Hall–Kier alpha value is -1.37. The predicted molar refractivity (Wildman–Crippen MR) is 61.6 cm³/mol. The van der Waals surface area contributed by atoms with E-state index in [1.165, 1.54) is 0 Å². The van der Waals surface area contributed by atoms with Crippen molar-refractivity contribution in [2.75, 3.05) is 0 Å². The van der Waals surface area contributed by atoms with E-state index in [-0.39, 0.29) is 5.69 Å². The number of rotatable bonds is 2. The zero-order valence-electron chi connectivity index (χ0n) is 7.48. The average Bonchev–Trinajstić information content (AvgIpc) is 2.65. The molecule has 0 radical (unpaired) electrons. The molecule has 76 valence electrons. The van der Waals surface area contributed by atoms with Gasteiger partial charge in [0.2, 0.25) is 0 Å². The number of carboxylic acids is 1. The van der Waals surface area contributed by atoms with Gasteiger partial charge in [0, 0.05) is 9.13 Å². The molecular weight excluding hydrogens is 309 g/mol. The molecule has 0 saturated carbocycles. The molecule has 1 aromatic heterocycles. The molecule has 1 heterocycles. The fourth-order valence-electron chi connectivity index (χ4n) is 1.23. The maximum absolute atomic E-state index is 10.8. The second kappa shape index (κ2) is 4.01. The highest BCUT2D eigenvalue weighted by molar-refractivity contribution is 14.1. The average molecular weight is 315 g/mol. The van der Waals surface area contributed by atoms with Crippen molar-refractivity contribution >= 4 is 28.6 Å². The fourth-order valence-corrected chi connectivity index (χ4v) is 1.78. The van der Waals surface area contributed by atoms with Crippen LogP contribution in [0.4, 0.5) is 0 Å². The van der Waals surface area contributed by atoms with Gasteiger partial charge in [-0.15, -0.1) is 0 Å². The number of aromatic carboxylic acids is 1. The number of halogens is 1. The Bertz CT molecular complexity index is 507. The van der Waals surface area contributed by atoms with Crippen LogP contribution in [0, 0.1) is 3.57 Å². The van der Waals surface area contributed by atoms with Gasteiger partial charge >= 0.3 is 5.97 Å². The molecule has 0 unspecified atom stereocenters. The molecule has 0 atom stereocenters. The molecule has 0 spiro atoms. The number of carbonyl (C=O) groups is 1. The molecule has 2 aromatic rings. The molecule has 0 bridgehead atoms. The second-order valence-electron chi connectivity index (χ2n) is 2.85. The van der Waals surface area contributed by atoms with E-state index in [0.717, 1.165) is 15.5 Å². The Kier molecular flexibility index (Phi) is 2.72. The van der Waals surface area contributed by atoms with Crippen molar-refractivity contribution in [3.63, 3.8) is 0 Å². The molecule has 15 heavy (non-hydrogen) atoms. The first-order valence-corrected chi connectivity index (χ1v) is 5.19. The van der Waals surface area contributed by atoms with Crippen LogP contribution in [0.2, 0.25) is 0 Å². The molecule has 2 rings (SSSR count). The van der Waals surface area contributed by atoms with Crippen molar-refractivity contribution in [3.05, 3.63) is 39.9 Å². The van der Waals surface area contributed by atoms with Crippen LogP contribution in [0.5, 0.6) is 0 Å². The molecule has 0 aliphatic carbocycles. The maximum Gasteiger partial charge on any atom is 0.358 e. The molecule has 0 amide bonds. The molecule has 1 N–H and O–H groups in total. The molecule has 0 fully saturated rings. The first-order chi connectivity index (χ1) is 7.18. The van der Waals surface area contributed by atoms with Gasteiger partial charge in [0.25, 0.3) is 0 Å². The van der Waals surface area contributed by atoms with Crippen LogP contribution in [-0.4, -0.2) is 16.1 Å². The van der Waals surface area contributed by atoms with Crippen LogP contribution in [0.3, 0.4) is 0 Å². The van der Waals surface area contributed by atoms with Gasteiger partial charge in [-0.3, -0.25) is 0 Å². The van der Waals surface area contributed by atoms with Crippen LogP contribution in [0.15, 0.2) is 35.1 Å². The van der Waals surface area contributed by atoms with E-state index < -0.39 is 5.97 Å². The molecule has 0 aliphatic heterocycles. The largest absolute Gasteiger partial charge is 0.476 e. The van der Waals surface area contributed by atoms with E-state index in [0.29, 0.717) is 5.76 Å². The summed E-state index contributed by atoms with van der Waals surface area (Å²) in [6.07, 6.45) is 1.14. The highest BCUT2D eigenvalue weighted by Crippen LogP contribution is 2.24. The number of benzene rings is 1. The number of hydrogen-bond donors (Lipinski definition) is 1. The van der Waals surface area contributed by atoms with E-state index in [1.807, 2.05) is 18.2 Å². The minimum atomic E-state index is -1.09. The summed E-state index contributed by atoms with van der Waals surface area (Å²) in [6.45, 7) is 0. The summed E-state index contributed by atoms with van der Waals surface area (Å²) in [5.41, 5.74) is 0.661. The standard InChI is InChI=1S/C10H6INO3/c11-7-3-1-2-6(4-7)9-8(10(13)14)12-5-15-9/h1-5H,(H,13,14). The number of hydrogen-bond acceptors (Lipinski definition) is 3. The minimum absolute atomic E-state index is 0.0583. The maximum atomic E-state index is 10.8. The predicted octanol–water partition coefficient (Wildman–Crippen LogP) is 2.64. The van der Waals surface area contributed by atoms with Crippen molar-refractivity contribution in [3.8, 4) is 11.3 Å². The third-order valence-electron chi connectivity index (χ3n) is 1.86. The lowest BCUT2D eigenvalue weighted by atomic mass is 10.1. The molecule has 1 aromatic carbocycles. The van der Waals surface area contributed by atoms with E-state index in [1.54, 1.807) is 6.07 Å². The van der Waals surface area contributed by atoms with Gasteiger partial charge < -0.3 is 9.52 Å². The number of aromatic nitrogens is 1. The lowest BCUT2D eigenvalue weighted by molar-refractivity contribution is 0.0691. The van der Waals surface area contributed by atoms with Crippen LogP contribution in [0.25, 0.3) is 11.3 Å². The fraction of sp³-hybridized carbons (Fsp3) is 0. The van der Waals surface area contributed by atoms with Crippen molar-refractivity contribution < 1.29 is 14.3 Å². The highest BCUT2D eigenvalue weighted by Gasteiger charge is 2.16. The monoisotopic (exact) mass is 315 g/mol. The molecule has 0 aliphatic rings. The van der Waals surface area contributed by atoms with Gasteiger partial charge in [0.15, 0.2) is 17.8 Å². The third kappa shape index (κ3) is 2.01. The molecule has 5 heteroatoms. The summed E-state index contributed by atoms with van der Waals surface area (Å²) in [5.74, 6) is -0.793. The summed E-state index contributed by atoms with van der Waals surface area (Å²) < 4.78 is 6.08. The molecular formula is C10H6INO3. The first-order valence-electron chi connectivity index (χ1n) is 4.11. The van der Waals surface area contributed by atoms with Crippen LogP contribution >= 0.6 is 22.6 Å². The van der Waals surface area contributed by atoms with Crippen molar-refractivity contribution in [1.29, 1.82) is 0 Å². The molecule has 4 nitrogen and oxygen atoms in total. The zero-order valence-corrected chi connectivity index (χ0v) is 9.63. The summed E-state index contributed by atoms with van der Waals surface area (Å²) in [4.78, 5) is 14.5. The zero-order chi connectivity index (χ0) is 10.8. The Morgan fingerprint density at radius 2 is 2.27 bits per heavy atom. The Morgan fingerprint density at radius 1 is 1.47 bits per heavy atom. The normalized spacial score (nSPS) is 10.2. The van der Waals surface area contributed by atoms with Gasteiger partial charge in [-0.1, -0.05) is 12.1 Å². The lowest BCUT2D eigenvalue weighted by Crippen LogP contribution is -1.98. The smallest absolute Gasteiger partial charge is 0.358 e. The van der Waals surface area contributed by atoms with Gasteiger partial charge in [-0.05, 0) is 34.7 Å². The number of carboxylic acid groups (broad SMARTS) is 1. The Balaban J connectivity index is 2.54. The number of nitrogens with zero attached hydrogens (tertiary/aromatic N) is 1. The summed E-state index contributed by atoms with van der Waals surface area (Å²) in [7, 11) is 0. The SMILES string of the molecule is O=C(O)c1ncoc1-c1cccc(I)c1. The Morgan fingerprint density at radius 3 is 2.93 bits per heavy atom. The topological polar surface area (TPSA) is 63.3 Å². The quantitative estimate of drug-likeness (QED) is 0.866. The van der Waals surface area contributed by atoms with Crippen molar-refractivity contribution in [2.45, 2.75) is 0 Å². The van der Waals surface area contributed by atoms with Crippen LogP contribution < -0.4 is 0 Å². The second-order valence-corrected chi connectivity index (χ2v) is 4.09. The summed E-state index contributed by atoms with van der Waals surface area (Å²) >= 11 is 2.15. The number of oxazole rings is 1. The summed E-state index contributed by atoms with van der Waals surface area (Å²) in [5, 5.41) is 8.86. The van der Waals surface area contributed by atoms with Gasteiger partial charge in [0.05, 0.1) is 0 Å². The van der Waals surface area contributed by atoms with Crippen molar-refractivity contribution in [1.82, 2.24) is 4.98 Å². The summed E-state index contributed by atoms with van der Waals surface area (Å²) in [6, 6.07) is 7.38. The minimum Gasteiger partial charge on any atom is -0.476 e. The van der Waals surface area contributed by atoms with Gasteiger partial charge in [-0.2, -0.15) is 0 Å². The van der Waals surface area contributed by atoms with Crippen molar-refractivity contribution in [2.24, 2.45) is 0 Å². The Labute approximate surface area is 99.1 Å². The lowest BCUT2D eigenvalue weighted by Gasteiger charge is -1.98. The third-order valence-corrected chi connectivity index (χ3v) is 2.53. The van der Waals surface area contributed by atoms with E-state index in [2.05, 4.69) is 27.6 Å². The van der Waals surface area contributed by atoms with Crippen LogP contribution in [0.1, 0.15) is 10.5 Å². The highest BCUT2D eigenvalue weighted by atomic mass is 127.